The Morgan fingerprint density at radius 1 is 1.03 bits per heavy atom. The highest BCUT2D eigenvalue weighted by Crippen LogP contribution is 2.54. The van der Waals surface area contributed by atoms with Crippen LogP contribution in [0.1, 0.15) is 81.8 Å². The molecule has 6 heteroatoms. The molecule has 1 N–H and O–H groups in total. The lowest BCUT2D eigenvalue weighted by molar-refractivity contribution is 0.102. The number of hydrogen-bond acceptors (Lipinski definition) is 5. The zero-order chi connectivity index (χ0) is 24.5. The number of aromatic nitrogens is 1. The second-order valence-corrected chi connectivity index (χ2v) is 12.6. The van der Waals surface area contributed by atoms with Gasteiger partial charge < -0.3 is 14.5 Å². The standard InChI is InChI=1S/C26H34N4OS.C2H6/c1-18-5-6-20(22(15-18)29-13-10-26(8-9-26)11-14-29)24(31)28-23-16-21-19(17-27-23)7-12-30(21)32-25(2,3)4;1-2/h5-6,15-17H,7-14H2,1-4H3,(H,27,28,31);1-2H3. The van der Waals surface area contributed by atoms with Crippen LogP contribution in [0.25, 0.3) is 0 Å². The highest BCUT2D eigenvalue weighted by Gasteiger charge is 2.44. The summed E-state index contributed by atoms with van der Waals surface area (Å²) in [6.07, 6.45) is 8.18. The van der Waals surface area contributed by atoms with Crippen LogP contribution in [-0.4, -0.2) is 35.3 Å². The average molecular weight is 481 g/mol. The van der Waals surface area contributed by atoms with Crippen LogP contribution < -0.4 is 14.5 Å². The van der Waals surface area contributed by atoms with Crippen LogP contribution in [0.4, 0.5) is 17.2 Å². The molecule has 3 aliphatic rings. The molecule has 184 valence electrons. The minimum Gasteiger partial charge on any atom is -0.371 e. The molecule has 0 atom stereocenters. The first-order valence-corrected chi connectivity index (χ1v) is 13.6. The van der Waals surface area contributed by atoms with E-state index < -0.39 is 0 Å². The smallest absolute Gasteiger partial charge is 0.258 e. The van der Waals surface area contributed by atoms with Crippen LogP contribution in [0, 0.1) is 12.3 Å². The summed E-state index contributed by atoms with van der Waals surface area (Å²) in [7, 11) is 0. The fourth-order valence-electron chi connectivity index (χ4n) is 4.91. The first-order valence-electron chi connectivity index (χ1n) is 12.8. The first-order chi connectivity index (χ1) is 16.2. The van der Waals surface area contributed by atoms with E-state index in [9.17, 15) is 4.79 Å². The summed E-state index contributed by atoms with van der Waals surface area (Å²) >= 11 is 1.84. The largest absolute Gasteiger partial charge is 0.371 e. The van der Waals surface area contributed by atoms with Crippen molar-refractivity contribution in [2.24, 2.45) is 5.41 Å². The van der Waals surface area contributed by atoms with Gasteiger partial charge in [0, 0.05) is 42.3 Å². The topological polar surface area (TPSA) is 48.5 Å². The van der Waals surface area contributed by atoms with E-state index in [-0.39, 0.29) is 10.7 Å². The molecule has 5 rings (SSSR count). The van der Waals surface area contributed by atoms with Gasteiger partial charge >= 0.3 is 0 Å². The minimum atomic E-state index is -0.0767. The van der Waals surface area contributed by atoms with E-state index in [0.29, 0.717) is 11.2 Å². The van der Waals surface area contributed by atoms with Gasteiger partial charge in [0.25, 0.3) is 5.91 Å². The van der Waals surface area contributed by atoms with E-state index in [1.165, 1.54) is 42.5 Å². The predicted octanol–water partition coefficient (Wildman–Crippen LogP) is 6.86. The molecule has 1 aromatic carbocycles. The fraction of sp³-hybridized carbons (Fsp3) is 0.571. The van der Waals surface area contributed by atoms with E-state index in [1.807, 2.05) is 50.2 Å². The van der Waals surface area contributed by atoms with Crippen LogP contribution in [0.15, 0.2) is 30.5 Å². The third-order valence-corrected chi connectivity index (χ3v) is 8.11. The number of fused-ring (bicyclic) bond motifs is 1. The van der Waals surface area contributed by atoms with Crippen LogP contribution in [0.5, 0.6) is 0 Å². The van der Waals surface area contributed by atoms with Crippen molar-refractivity contribution < 1.29 is 4.79 Å². The molecule has 5 nitrogen and oxygen atoms in total. The van der Waals surface area contributed by atoms with Gasteiger partial charge in [-0.25, -0.2) is 4.98 Å². The van der Waals surface area contributed by atoms with Gasteiger partial charge in [0.1, 0.15) is 5.82 Å². The molecule has 1 aliphatic carbocycles. The van der Waals surface area contributed by atoms with E-state index in [1.54, 1.807) is 0 Å². The number of nitrogens with zero attached hydrogens (tertiary/aromatic N) is 3. The Kier molecular flexibility index (Phi) is 7.18. The Morgan fingerprint density at radius 2 is 1.74 bits per heavy atom. The number of aryl methyl sites for hydroxylation is 1. The van der Waals surface area contributed by atoms with E-state index in [4.69, 9.17) is 0 Å². The van der Waals surface area contributed by atoms with Crippen LogP contribution >= 0.6 is 11.9 Å². The molecule has 1 spiro atoms. The fourth-order valence-corrected chi connectivity index (χ4v) is 6.02. The molecule has 0 radical (unpaired) electrons. The van der Waals surface area contributed by atoms with Crippen molar-refractivity contribution in [1.82, 2.24) is 4.98 Å². The lowest BCUT2D eigenvalue weighted by Crippen LogP contribution is -2.35. The second kappa shape index (κ2) is 9.80. The molecule has 2 fully saturated rings. The van der Waals surface area contributed by atoms with Crippen molar-refractivity contribution in [1.29, 1.82) is 0 Å². The summed E-state index contributed by atoms with van der Waals surface area (Å²) in [5.74, 6) is 0.546. The Morgan fingerprint density at radius 3 is 2.38 bits per heavy atom. The summed E-state index contributed by atoms with van der Waals surface area (Å²) in [4.78, 5) is 20.3. The Bertz CT molecular complexity index is 1030. The molecule has 0 unspecified atom stereocenters. The number of hydrogen-bond donors (Lipinski definition) is 1. The van der Waals surface area contributed by atoms with E-state index in [0.717, 1.165) is 37.3 Å². The van der Waals surface area contributed by atoms with Crippen molar-refractivity contribution in [3.05, 3.63) is 47.2 Å². The summed E-state index contributed by atoms with van der Waals surface area (Å²) in [6, 6.07) is 8.20. The molecule has 2 aromatic rings. The van der Waals surface area contributed by atoms with Crippen molar-refractivity contribution in [3.63, 3.8) is 0 Å². The maximum atomic E-state index is 13.3. The Hall–Kier alpha value is -2.21. The number of nitrogens with one attached hydrogen (secondary N) is 1. The summed E-state index contributed by atoms with van der Waals surface area (Å²) in [5, 5.41) is 3.09. The number of amides is 1. The summed E-state index contributed by atoms with van der Waals surface area (Å²) < 4.78 is 2.48. The lowest BCUT2D eigenvalue weighted by atomic mass is 9.92. The molecular formula is C28H40N4OS. The Balaban J connectivity index is 0.00000133. The number of pyridine rings is 1. The number of carbonyl (C=O) groups is 1. The van der Waals surface area contributed by atoms with E-state index >= 15 is 0 Å². The van der Waals surface area contributed by atoms with Gasteiger partial charge in [-0.2, -0.15) is 0 Å². The van der Waals surface area contributed by atoms with Gasteiger partial charge in [0.05, 0.1) is 11.3 Å². The van der Waals surface area contributed by atoms with Crippen LogP contribution in [0.2, 0.25) is 0 Å². The van der Waals surface area contributed by atoms with Gasteiger partial charge in [0.2, 0.25) is 0 Å². The highest BCUT2D eigenvalue weighted by atomic mass is 32.2. The van der Waals surface area contributed by atoms with Gasteiger partial charge in [-0.3, -0.25) is 4.79 Å². The quantitative estimate of drug-likeness (QED) is 0.485. The third kappa shape index (κ3) is 5.54. The molecule has 1 aromatic heterocycles. The minimum absolute atomic E-state index is 0.0767. The molecule has 0 bridgehead atoms. The monoisotopic (exact) mass is 480 g/mol. The van der Waals surface area contributed by atoms with Gasteiger partial charge in [-0.05, 0) is 100 Å². The van der Waals surface area contributed by atoms with Gasteiger partial charge in [-0.15, -0.1) is 0 Å². The molecular weight excluding hydrogens is 440 g/mol. The van der Waals surface area contributed by atoms with Crippen molar-refractivity contribution in [2.75, 3.05) is 34.2 Å². The molecule has 1 amide bonds. The number of carbonyl (C=O) groups excluding carboxylic acids is 1. The molecule has 34 heavy (non-hydrogen) atoms. The van der Waals surface area contributed by atoms with Gasteiger partial charge in [-0.1, -0.05) is 19.9 Å². The Labute approximate surface area is 209 Å². The average Bonchev–Trinajstić information content (AvgIpc) is 3.45. The van der Waals surface area contributed by atoms with Crippen LogP contribution in [0.3, 0.4) is 0 Å². The highest BCUT2D eigenvalue weighted by molar-refractivity contribution is 8.01. The first kappa shape index (κ1) is 24.9. The van der Waals surface area contributed by atoms with Crippen LogP contribution in [-0.2, 0) is 6.42 Å². The third-order valence-electron chi connectivity index (χ3n) is 6.96. The molecule has 3 heterocycles. The summed E-state index contributed by atoms with van der Waals surface area (Å²) in [5.41, 5.74) is 6.03. The number of anilines is 3. The van der Waals surface area contributed by atoms with Gasteiger partial charge in [0.15, 0.2) is 0 Å². The lowest BCUT2D eigenvalue weighted by Gasteiger charge is -2.35. The van der Waals surface area contributed by atoms with E-state index in [2.05, 4.69) is 53.3 Å². The SMILES string of the molecule is CC.Cc1ccc(C(=O)Nc2cc3c(cn2)CCN3SC(C)(C)C)c(N2CCC3(CC2)CC3)c1. The van der Waals surface area contributed by atoms with Crippen molar-refractivity contribution in [3.8, 4) is 0 Å². The number of benzene rings is 1. The molecule has 1 saturated heterocycles. The zero-order valence-electron chi connectivity index (χ0n) is 21.7. The normalized spacial score (nSPS) is 18.3. The maximum Gasteiger partial charge on any atom is 0.258 e. The number of rotatable bonds is 4. The molecule has 1 saturated carbocycles. The number of piperidine rings is 1. The predicted molar refractivity (Wildman–Crippen MR) is 146 cm³/mol. The maximum absolute atomic E-state index is 13.3. The second-order valence-electron chi connectivity index (χ2n) is 10.7. The zero-order valence-corrected chi connectivity index (χ0v) is 22.5. The molecule has 2 aliphatic heterocycles. The van der Waals surface area contributed by atoms with Crippen molar-refractivity contribution in [2.45, 2.75) is 78.4 Å². The summed E-state index contributed by atoms with van der Waals surface area (Å²) in [6.45, 7) is 15.8. The van der Waals surface area contributed by atoms with Crippen molar-refractivity contribution >= 4 is 35.0 Å².